The van der Waals surface area contributed by atoms with Crippen molar-refractivity contribution >= 4 is 22.0 Å². The minimum absolute atomic E-state index is 0.713. The van der Waals surface area contributed by atoms with E-state index in [2.05, 4.69) is 76.6 Å². The van der Waals surface area contributed by atoms with Crippen molar-refractivity contribution in [2.75, 3.05) is 11.9 Å². The Kier molecular flexibility index (Phi) is 7.17. The fourth-order valence-electron chi connectivity index (χ4n) is 3.65. The fraction of sp³-hybridized carbons (Fsp3) is 0.391. The fourth-order valence-corrected chi connectivity index (χ4v) is 3.81. The largest absolute Gasteiger partial charge is 0.493 e. The van der Waals surface area contributed by atoms with E-state index in [1.165, 1.54) is 36.8 Å². The summed E-state index contributed by atoms with van der Waals surface area (Å²) in [5.41, 5.74) is 4.36. The van der Waals surface area contributed by atoms with Crippen molar-refractivity contribution in [2.45, 2.75) is 38.5 Å². The Bertz CT molecular complexity index is 654. The smallest absolute Gasteiger partial charge is 0.119 e. The molecule has 0 N–H and O–H groups in total. The summed E-state index contributed by atoms with van der Waals surface area (Å²) in [5, 5.41) is 0.865. The van der Waals surface area contributed by atoms with Gasteiger partial charge in [0.05, 0.1) is 6.61 Å². The van der Waals surface area contributed by atoms with Gasteiger partial charge in [-0.25, -0.2) is 0 Å². The SMILES string of the molecule is BrCCOc1ccc(CCC(=Cc2ccccc2)C2CCCC2)cc1. The van der Waals surface area contributed by atoms with Crippen LogP contribution in [0.4, 0.5) is 0 Å². The van der Waals surface area contributed by atoms with E-state index in [0.29, 0.717) is 6.61 Å². The second-order valence-corrected chi connectivity index (χ2v) is 7.59. The third-order valence-corrected chi connectivity index (χ3v) is 5.33. The van der Waals surface area contributed by atoms with Gasteiger partial charge in [0, 0.05) is 5.33 Å². The van der Waals surface area contributed by atoms with E-state index >= 15 is 0 Å². The zero-order valence-electron chi connectivity index (χ0n) is 14.8. The Balaban J connectivity index is 1.65. The van der Waals surface area contributed by atoms with Crippen LogP contribution in [0.15, 0.2) is 60.2 Å². The van der Waals surface area contributed by atoms with Gasteiger partial charge in [-0.15, -0.1) is 0 Å². The third-order valence-electron chi connectivity index (χ3n) is 5.00. The molecule has 132 valence electrons. The zero-order valence-corrected chi connectivity index (χ0v) is 16.4. The molecule has 2 heteroatoms. The van der Waals surface area contributed by atoms with Gasteiger partial charge in [-0.2, -0.15) is 0 Å². The lowest BCUT2D eigenvalue weighted by Crippen LogP contribution is -2.01. The second-order valence-electron chi connectivity index (χ2n) is 6.79. The molecule has 0 amide bonds. The number of rotatable bonds is 8. The average molecular weight is 399 g/mol. The van der Waals surface area contributed by atoms with E-state index in [1.54, 1.807) is 5.57 Å². The molecule has 0 spiro atoms. The zero-order chi connectivity index (χ0) is 17.3. The predicted molar refractivity (Wildman–Crippen MR) is 110 cm³/mol. The molecule has 3 rings (SSSR count). The number of ether oxygens (including phenoxy) is 1. The highest BCUT2D eigenvalue weighted by Crippen LogP contribution is 2.34. The molecule has 0 unspecified atom stereocenters. The molecule has 25 heavy (non-hydrogen) atoms. The molecule has 0 radical (unpaired) electrons. The summed E-state index contributed by atoms with van der Waals surface area (Å²) in [7, 11) is 0. The maximum atomic E-state index is 5.64. The molecule has 1 aliphatic carbocycles. The Morgan fingerprint density at radius 2 is 1.72 bits per heavy atom. The van der Waals surface area contributed by atoms with Crippen molar-refractivity contribution in [3.05, 3.63) is 71.3 Å². The van der Waals surface area contributed by atoms with Crippen molar-refractivity contribution in [1.82, 2.24) is 0 Å². The van der Waals surface area contributed by atoms with E-state index in [4.69, 9.17) is 4.74 Å². The number of aryl methyl sites for hydroxylation is 1. The first-order valence-corrected chi connectivity index (χ1v) is 10.5. The molecular weight excluding hydrogens is 372 g/mol. The molecule has 0 saturated heterocycles. The number of hydrogen-bond acceptors (Lipinski definition) is 1. The van der Waals surface area contributed by atoms with Gasteiger partial charge in [-0.3, -0.25) is 0 Å². The van der Waals surface area contributed by atoms with E-state index in [-0.39, 0.29) is 0 Å². The summed E-state index contributed by atoms with van der Waals surface area (Å²) in [6, 6.07) is 19.4. The van der Waals surface area contributed by atoms with Gasteiger partial charge in [0.15, 0.2) is 0 Å². The minimum Gasteiger partial charge on any atom is -0.493 e. The molecule has 0 aromatic heterocycles. The molecule has 2 aromatic carbocycles. The van der Waals surface area contributed by atoms with Crippen molar-refractivity contribution < 1.29 is 4.74 Å². The number of alkyl halides is 1. The van der Waals surface area contributed by atoms with Crippen LogP contribution in [0.3, 0.4) is 0 Å². The van der Waals surface area contributed by atoms with Crippen molar-refractivity contribution in [2.24, 2.45) is 5.92 Å². The third kappa shape index (κ3) is 5.74. The molecule has 0 heterocycles. The minimum atomic E-state index is 0.713. The van der Waals surface area contributed by atoms with E-state index in [0.717, 1.165) is 29.8 Å². The normalized spacial score (nSPS) is 15.5. The van der Waals surface area contributed by atoms with Crippen molar-refractivity contribution in [3.8, 4) is 5.75 Å². The second kappa shape index (κ2) is 9.82. The molecule has 1 saturated carbocycles. The van der Waals surface area contributed by atoms with Gasteiger partial charge >= 0.3 is 0 Å². The first-order valence-electron chi connectivity index (χ1n) is 9.38. The first kappa shape index (κ1) is 18.3. The summed E-state index contributed by atoms with van der Waals surface area (Å²) < 4.78 is 5.64. The van der Waals surface area contributed by atoms with Crippen LogP contribution in [0.5, 0.6) is 5.75 Å². The van der Waals surface area contributed by atoms with Gasteiger partial charge < -0.3 is 4.74 Å². The average Bonchev–Trinajstić information content (AvgIpc) is 3.20. The van der Waals surface area contributed by atoms with Crippen LogP contribution in [-0.4, -0.2) is 11.9 Å². The van der Waals surface area contributed by atoms with Gasteiger partial charge in [0.25, 0.3) is 0 Å². The molecule has 0 atom stereocenters. The molecule has 0 aliphatic heterocycles. The maximum Gasteiger partial charge on any atom is 0.119 e. The van der Waals surface area contributed by atoms with Crippen LogP contribution in [0.2, 0.25) is 0 Å². The van der Waals surface area contributed by atoms with Crippen LogP contribution in [-0.2, 0) is 6.42 Å². The predicted octanol–water partition coefficient (Wildman–Crippen LogP) is 6.67. The number of halogens is 1. The lowest BCUT2D eigenvalue weighted by molar-refractivity contribution is 0.345. The molecule has 1 fully saturated rings. The van der Waals surface area contributed by atoms with E-state index in [1.807, 2.05) is 0 Å². The van der Waals surface area contributed by atoms with Crippen LogP contribution < -0.4 is 4.74 Å². The van der Waals surface area contributed by atoms with Gasteiger partial charge in [0.2, 0.25) is 0 Å². The molecular formula is C23H27BrO. The highest BCUT2D eigenvalue weighted by atomic mass is 79.9. The Morgan fingerprint density at radius 3 is 2.40 bits per heavy atom. The highest BCUT2D eigenvalue weighted by molar-refractivity contribution is 9.09. The highest BCUT2D eigenvalue weighted by Gasteiger charge is 2.19. The molecule has 1 nitrogen and oxygen atoms in total. The Labute approximate surface area is 160 Å². The quantitative estimate of drug-likeness (QED) is 0.451. The van der Waals surface area contributed by atoms with Crippen molar-refractivity contribution in [3.63, 3.8) is 0 Å². The Morgan fingerprint density at radius 1 is 1.00 bits per heavy atom. The topological polar surface area (TPSA) is 9.23 Å². The van der Waals surface area contributed by atoms with Crippen LogP contribution in [0, 0.1) is 5.92 Å². The van der Waals surface area contributed by atoms with E-state index < -0.39 is 0 Å². The van der Waals surface area contributed by atoms with Gasteiger partial charge in [0.1, 0.15) is 5.75 Å². The van der Waals surface area contributed by atoms with E-state index in [9.17, 15) is 0 Å². The number of hydrogen-bond donors (Lipinski definition) is 0. The summed E-state index contributed by atoms with van der Waals surface area (Å²) in [6.45, 7) is 0.713. The van der Waals surface area contributed by atoms with Crippen LogP contribution in [0.1, 0.15) is 43.2 Å². The van der Waals surface area contributed by atoms with Crippen LogP contribution in [0.25, 0.3) is 6.08 Å². The molecule has 1 aliphatic rings. The Hall–Kier alpha value is -1.54. The monoisotopic (exact) mass is 398 g/mol. The van der Waals surface area contributed by atoms with Gasteiger partial charge in [-0.1, -0.05) is 82.9 Å². The summed E-state index contributed by atoms with van der Waals surface area (Å²) >= 11 is 3.39. The first-order chi connectivity index (χ1) is 12.3. The summed E-state index contributed by atoms with van der Waals surface area (Å²) in [6.07, 6.45) is 10.2. The summed E-state index contributed by atoms with van der Waals surface area (Å²) in [5.74, 6) is 1.74. The summed E-state index contributed by atoms with van der Waals surface area (Å²) in [4.78, 5) is 0. The standard InChI is InChI=1S/C23H27BrO/c24-16-17-25-23-14-11-19(12-15-23)10-13-22(21-8-4-5-9-21)18-20-6-2-1-3-7-20/h1-3,6-7,11-12,14-15,18,21H,4-5,8-10,13,16-17H2. The lowest BCUT2D eigenvalue weighted by atomic mass is 9.90. The number of benzene rings is 2. The molecule has 2 aromatic rings. The number of allylic oxidation sites excluding steroid dienone is 1. The molecule has 0 bridgehead atoms. The van der Waals surface area contributed by atoms with Crippen LogP contribution >= 0.6 is 15.9 Å². The lowest BCUT2D eigenvalue weighted by Gasteiger charge is -2.15. The maximum absolute atomic E-state index is 5.64. The van der Waals surface area contributed by atoms with Gasteiger partial charge in [-0.05, 0) is 54.9 Å². The van der Waals surface area contributed by atoms with Crippen molar-refractivity contribution in [1.29, 1.82) is 0 Å².